The van der Waals surface area contributed by atoms with Crippen LogP contribution in [0.15, 0.2) is 48.5 Å². The molecule has 0 unspecified atom stereocenters. The van der Waals surface area contributed by atoms with Crippen LogP contribution in [0.1, 0.15) is 76.5 Å². The molecule has 0 saturated carbocycles. The normalized spacial score (nSPS) is 10.6. The van der Waals surface area contributed by atoms with Crippen molar-refractivity contribution in [3.05, 3.63) is 65.2 Å². The molecule has 1 nitrogen and oxygen atoms in total. The van der Waals surface area contributed by atoms with Crippen molar-refractivity contribution < 1.29 is 4.57 Å². The Kier molecular flexibility index (Phi) is 13.9. The SMILES string of the molecule is C.CCCCCP(=O)(CCCCC)c1ccccc1.Cc1cc(C)cc(C)c1. The summed E-state index contributed by atoms with van der Waals surface area (Å²) in [7, 11) is -2.13. The second kappa shape index (κ2) is 14.6. The average molecular weight is 403 g/mol. The number of benzene rings is 2. The Morgan fingerprint density at radius 3 is 1.43 bits per heavy atom. The molecular formula is C26H43OP. The van der Waals surface area contributed by atoms with Gasteiger partial charge in [-0.15, -0.1) is 0 Å². The first-order valence-corrected chi connectivity index (χ1v) is 12.7. The number of rotatable bonds is 9. The fraction of sp³-hybridized carbons (Fsp3) is 0.538. The van der Waals surface area contributed by atoms with E-state index in [1.165, 1.54) is 42.4 Å². The molecule has 0 saturated heterocycles. The summed E-state index contributed by atoms with van der Waals surface area (Å²) in [6, 6.07) is 16.7. The van der Waals surface area contributed by atoms with Gasteiger partial charge in [0.2, 0.25) is 0 Å². The molecule has 2 aromatic carbocycles. The molecule has 0 aliphatic heterocycles. The van der Waals surface area contributed by atoms with Gasteiger partial charge in [0, 0.05) is 17.6 Å². The molecule has 28 heavy (non-hydrogen) atoms. The van der Waals surface area contributed by atoms with E-state index >= 15 is 0 Å². The minimum Gasteiger partial charge on any atom is -0.319 e. The maximum Gasteiger partial charge on any atom is 0.115 e. The molecule has 0 radical (unpaired) electrons. The third-order valence-corrected chi connectivity index (χ3v) is 8.16. The first-order chi connectivity index (χ1) is 12.9. The average Bonchev–Trinajstić information content (AvgIpc) is 2.62. The predicted molar refractivity (Wildman–Crippen MR) is 130 cm³/mol. The molecule has 0 bridgehead atoms. The molecular weight excluding hydrogens is 359 g/mol. The standard InChI is InChI=1S/C16H27OP.C9H12.CH4/c1-3-5-10-14-18(17,15-11-6-4-2)16-12-8-7-9-13-16;1-7-4-8(2)6-9(3)5-7;/h7-9,12-13H,3-6,10-11,14-15H2,1-2H3;4-6H,1-3H3;1H4. The molecule has 158 valence electrons. The molecule has 0 fully saturated rings. The molecule has 2 rings (SSSR count). The van der Waals surface area contributed by atoms with Gasteiger partial charge in [-0.25, -0.2) is 0 Å². The van der Waals surface area contributed by atoms with E-state index in [1.54, 1.807) is 0 Å². The predicted octanol–water partition coefficient (Wildman–Crippen LogP) is 8.30. The van der Waals surface area contributed by atoms with Crippen molar-refractivity contribution >= 4 is 12.4 Å². The van der Waals surface area contributed by atoms with E-state index in [0.29, 0.717) is 0 Å². The van der Waals surface area contributed by atoms with Crippen molar-refractivity contribution in [1.82, 2.24) is 0 Å². The summed E-state index contributed by atoms with van der Waals surface area (Å²) in [5.41, 5.74) is 4.06. The third-order valence-electron chi connectivity index (χ3n) is 4.84. The van der Waals surface area contributed by atoms with Crippen LogP contribution in [-0.2, 0) is 4.57 Å². The van der Waals surface area contributed by atoms with Gasteiger partial charge in [0.15, 0.2) is 0 Å². The van der Waals surface area contributed by atoms with E-state index in [-0.39, 0.29) is 7.43 Å². The van der Waals surface area contributed by atoms with Crippen LogP contribution >= 0.6 is 7.14 Å². The van der Waals surface area contributed by atoms with Gasteiger partial charge in [0.25, 0.3) is 0 Å². The lowest BCUT2D eigenvalue weighted by molar-refractivity contribution is 0.574. The Balaban J connectivity index is 0.000000614. The van der Waals surface area contributed by atoms with E-state index in [0.717, 1.165) is 30.5 Å². The Hall–Kier alpha value is -1.33. The maximum atomic E-state index is 13.2. The van der Waals surface area contributed by atoms with Gasteiger partial charge >= 0.3 is 0 Å². The third kappa shape index (κ3) is 10.3. The highest BCUT2D eigenvalue weighted by Gasteiger charge is 2.23. The highest BCUT2D eigenvalue weighted by molar-refractivity contribution is 7.71. The largest absolute Gasteiger partial charge is 0.319 e. The minimum atomic E-state index is -2.13. The van der Waals surface area contributed by atoms with Gasteiger partial charge in [-0.2, -0.15) is 0 Å². The topological polar surface area (TPSA) is 17.1 Å². The number of aryl methyl sites for hydroxylation is 3. The molecule has 0 aliphatic carbocycles. The van der Waals surface area contributed by atoms with Crippen molar-refractivity contribution in [1.29, 1.82) is 0 Å². The Morgan fingerprint density at radius 2 is 1.07 bits per heavy atom. The minimum absolute atomic E-state index is 0. The molecule has 0 aromatic heterocycles. The quantitative estimate of drug-likeness (QED) is 0.304. The van der Waals surface area contributed by atoms with Gasteiger partial charge in [0.05, 0.1) is 0 Å². The van der Waals surface area contributed by atoms with E-state index < -0.39 is 7.14 Å². The summed E-state index contributed by atoms with van der Waals surface area (Å²) in [5.74, 6) is 0. The molecule has 2 heteroatoms. The molecule has 2 aromatic rings. The summed E-state index contributed by atoms with van der Waals surface area (Å²) in [4.78, 5) is 0. The summed E-state index contributed by atoms with van der Waals surface area (Å²) >= 11 is 0. The van der Waals surface area contributed by atoms with Crippen LogP contribution in [0, 0.1) is 20.8 Å². The summed E-state index contributed by atoms with van der Waals surface area (Å²) in [6.07, 6.45) is 8.80. The Labute approximate surface area is 175 Å². The summed E-state index contributed by atoms with van der Waals surface area (Å²) < 4.78 is 13.2. The van der Waals surface area contributed by atoms with Gasteiger partial charge in [0.1, 0.15) is 7.14 Å². The summed E-state index contributed by atoms with van der Waals surface area (Å²) in [6.45, 7) is 10.8. The first kappa shape index (κ1) is 26.7. The van der Waals surface area contributed by atoms with Crippen LogP contribution in [0.3, 0.4) is 0 Å². The Morgan fingerprint density at radius 1 is 0.679 bits per heavy atom. The Bertz CT molecular complexity index is 626. The number of hydrogen-bond acceptors (Lipinski definition) is 1. The van der Waals surface area contributed by atoms with Crippen molar-refractivity contribution in [3.8, 4) is 0 Å². The molecule has 0 spiro atoms. The van der Waals surface area contributed by atoms with Crippen molar-refractivity contribution in [2.45, 2.75) is 80.6 Å². The number of unbranched alkanes of at least 4 members (excludes halogenated alkanes) is 4. The van der Waals surface area contributed by atoms with Crippen LogP contribution in [0.5, 0.6) is 0 Å². The van der Waals surface area contributed by atoms with Gasteiger partial charge in [-0.1, -0.05) is 112 Å². The van der Waals surface area contributed by atoms with Crippen LogP contribution < -0.4 is 5.30 Å². The smallest absolute Gasteiger partial charge is 0.115 e. The number of hydrogen-bond donors (Lipinski definition) is 0. The maximum absolute atomic E-state index is 13.2. The van der Waals surface area contributed by atoms with E-state index in [9.17, 15) is 4.57 Å². The van der Waals surface area contributed by atoms with Crippen LogP contribution in [-0.4, -0.2) is 12.3 Å². The fourth-order valence-corrected chi connectivity index (χ4v) is 6.43. The monoisotopic (exact) mass is 402 g/mol. The highest BCUT2D eigenvalue weighted by atomic mass is 31.2. The zero-order valence-corrected chi connectivity index (χ0v) is 19.0. The van der Waals surface area contributed by atoms with Crippen molar-refractivity contribution in [2.75, 3.05) is 12.3 Å². The van der Waals surface area contributed by atoms with Crippen LogP contribution in [0.4, 0.5) is 0 Å². The lowest BCUT2D eigenvalue weighted by Gasteiger charge is -2.18. The molecule has 0 heterocycles. The summed E-state index contributed by atoms with van der Waals surface area (Å²) in [5, 5.41) is 1.09. The highest BCUT2D eigenvalue weighted by Crippen LogP contribution is 2.46. The van der Waals surface area contributed by atoms with Crippen LogP contribution in [0.2, 0.25) is 0 Å². The molecule has 0 amide bonds. The van der Waals surface area contributed by atoms with Gasteiger partial charge in [-0.3, -0.25) is 0 Å². The van der Waals surface area contributed by atoms with E-state index in [1.807, 2.05) is 18.2 Å². The second-order valence-corrected chi connectivity index (χ2v) is 10.9. The van der Waals surface area contributed by atoms with Crippen LogP contribution in [0.25, 0.3) is 0 Å². The fourth-order valence-electron chi connectivity index (χ4n) is 3.51. The second-order valence-electron chi connectivity index (χ2n) is 7.75. The molecule has 0 aliphatic rings. The molecule has 0 atom stereocenters. The van der Waals surface area contributed by atoms with Crippen molar-refractivity contribution in [3.63, 3.8) is 0 Å². The zero-order valence-electron chi connectivity index (χ0n) is 18.1. The first-order valence-electron chi connectivity index (χ1n) is 10.6. The van der Waals surface area contributed by atoms with Gasteiger partial charge < -0.3 is 4.57 Å². The van der Waals surface area contributed by atoms with E-state index in [4.69, 9.17) is 0 Å². The zero-order chi connectivity index (χ0) is 20.1. The lowest BCUT2D eigenvalue weighted by Crippen LogP contribution is -2.11. The van der Waals surface area contributed by atoms with E-state index in [2.05, 4.69) is 65.0 Å². The van der Waals surface area contributed by atoms with Crippen molar-refractivity contribution in [2.24, 2.45) is 0 Å². The molecule has 0 N–H and O–H groups in total. The van der Waals surface area contributed by atoms with Gasteiger partial charge in [-0.05, 0) is 33.6 Å². The lowest BCUT2D eigenvalue weighted by atomic mass is 10.1.